The summed E-state index contributed by atoms with van der Waals surface area (Å²) in [5.74, 6) is 0.750. The van der Waals surface area contributed by atoms with Crippen LogP contribution in [0.25, 0.3) is 10.9 Å². The molecule has 6 nitrogen and oxygen atoms in total. The number of nitrogens with zero attached hydrogens (tertiary/aromatic N) is 3. The summed E-state index contributed by atoms with van der Waals surface area (Å²) < 4.78 is 2.24. The lowest BCUT2D eigenvalue weighted by Gasteiger charge is -2.08. The van der Waals surface area contributed by atoms with Gasteiger partial charge in [-0.05, 0) is 17.2 Å². The summed E-state index contributed by atoms with van der Waals surface area (Å²) in [4.78, 5) is 8.09. The van der Waals surface area contributed by atoms with E-state index in [1.165, 1.54) is 16.5 Å². The molecule has 0 saturated heterocycles. The van der Waals surface area contributed by atoms with Crippen molar-refractivity contribution in [1.82, 2.24) is 14.5 Å². The molecular weight excluding hydrogens is 324 g/mol. The molecule has 130 valence electrons. The topological polar surface area (TPSA) is 109 Å². The van der Waals surface area contributed by atoms with Crippen molar-refractivity contribution < 1.29 is 0 Å². The number of rotatable bonds is 4. The van der Waals surface area contributed by atoms with Crippen LogP contribution in [0.4, 0.5) is 17.6 Å². The van der Waals surface area contributed by atoms with E-state index in [1.807, 2.05) is 18.2 Å². The first-order valence-corrected chi connectivity index (χ1v) is 8.40. The number of hydrogen-bond acceptors (Lipinski definition) is 5. The maximum Gasteiger partial charge on any atom is 0.223 e. The van der Waals surface area contributed by atoms with Crippen molar-refractivity contribution in [2.45, 2.75) is 13.0 Å². The fourth-order valence-corrected chi connectivity index (χ4v) is 3.28. The van der Waals surface area contributed by atoms with Crippen molar-refractivity contribution in [2.24, 2.45) is 0 Å². The van der Waals surface area contributed by atoms with Crippen LogP contribution in [0.15, 0.2) is 60.8 Å². The predicted octanol–water partition coefficient (Wildman–Crippen LogP) is 2.82. The molecule has 0 atom stereocenters. The molecule has 6 N–H and O–H groups in total. The zero-order valence-electron chi connectivity index (χ0n) is 14.3. The van der Waals surface area contributed by atoms with E-state index in [9.17, 15) is 0 Å². The van der Waals surface area contributed by atoms with E-state index < -0.39 is 0 Å². The van der Waals surface area contributed by atoms with Crippen LogP contribution >= 0.6 is 0 Å². The van der Waals surface area contributed by atoms with E-state index in [0.29, 0.717) is 23.6 Å². The van der Waals surface area contributed by atoms with E-state index >= 15 is 0 Å². The molecule has 0 spiro atoms. The van der Waals surface area contributed by atoms with Gasteiger partial charge in [0, 0.05) is 35.6 Å². The molecule has 2 aromatic heterocycles. The van der Waals surface area contributed by atoms with Crippen molar-refractivity contribution in [3.63, 3.8) is 0 Å². The smallest absolute Gasteiger partial charge is 0.223 e. The van der Waals surface area contributed by atoms with E-state index in [4.69, 9.17) is 17.2 Å². The summed E-state index contributed by atoms with van der Waals surface area (Å²) >= 11 is 0. The Bertz CT molecular complexity index is 1050. The van der Waals surface area contributed by atoms with Crippen molar-refractivity contribution in [3.05, 3.63) is 77.5 Å². The molecule has 2 heterocycles. The quantitative estimate of drug-likeness (QED) is 0.527. The summed E-state index contributed by atoms with van der Waals surface area (Å²) in [6, 6.07) is 18.7. The van der Waals surface area contributed by atoms with Gasteiger partial charge >= 0.3 is 0 Å². The average Bonchev–Trinajstić information content (AvgIpc) is 2.97. The Labute approximate surface area is 151 Å². The van der Waals surface area contributed by atoms with Crippen LogP contribution in [-0.4, -0.2) is 14.5 Å². The van der Waals surface area contributed by atoms with E-state index in [2.05, 4.69) is 57.1 Å². The fraction of sp³-hybridized carbons (Fsp3) is 0.100. The molecule has 6 heteroatoms. The van der Waals surface area contributed by atoms with Gasteiger partial charge < -0.3 is 21.8 Å². The Kier molecular flexibility index (Phi) is 3.93. The molecule has 0 bridgehead atoms. The van der Waals surface area contributed by atoms with Crippen molar-refractivity contribution in [2.75, 3.05) is 17.2 Å². The lowest BCUT2D eigenvalue weighted by atomic mass is 10.1. The number of nitrogen functional groups attached to an aromatic ring is 3. The van der Waals surface area contributed by atoms with Crippen LogP contribution < -0.4 is 17.2 Å². The molecule has 26 heavy (non-hydrogen) atoms. The van der Waals surface area contributed by atoms with Gasteiger partial charge in [-0.1, -0.05) is 48.5 Å². The summed E-state index contributed by atoms with van der Waals surface area (Å²) in [5, 5.41) is 1.17. The molecule has 4 rings (SSSR count). The summed E-state index contributed by atoms with van der Waals surface area (Å²) in [5.41, 5.74) is 21.9. The number of hydrogen-bond donors (Lipinski definition) is 3. The Balaban J connectivity index is 1.77. The zero-order valence-corrected chi connectivity index (χ0v) is 14.3. The molecule has 0 radical (unpaired) electrons. The second-order valence-corrected chi connectivity index (χ2v) is 6.29. The molecule has 0 unspecified atom stereocenters. The SMILES string of the molecule is Nc1nc(N)c(Cc2cn(Cc3ccccc3)c3ccccc23)c(N)n1. The number of para-hydroxylation sites is 1. The second-order valence-electron chi connectivity index (χ2n) is 6.29. The maximum absolute atomic E-state index is 6.03. The molecule has 0 aliphatic carbocycles. The number of benzene rings is 2. The maximum atomic E-state index is 6.03. The van der Waals surface area contributed by atoms with Gasteiger partial charge in [-0.2, -0.15) is 9.97 Å². The monoisotopic (exact) mass is 344 g/mol. The summed E-state index contributed by atoms with van der Waals surface area (Å²) in [6.07, 6.45) is 2.70. The van der Waals surface area contributed by atoms with Gasteiger partial charge in [0.2, 0.25) is 5.95 Å². The van der Waals surface area contributed by atoms with Crippen LogP contribution in [0, 0.1) is 0 Å². The minimum absolute atomic E-state index is 0.0928. The first-order chi connectivity index (χ1) is 12.6. The van der Waals surface area contributed by atoms with Gasteiger partial charge in [-0.3, -0.25) is 0 Å². The largest absolute Gasteiger partial charge is 0.383 e. The van der Waals surface area contributed by atoms with Crippen LogP contribution in [0.1, 0.15) is 16.7 Å². The third kappa shape index (κ3) is 2.93. The van der Waals surface area contributed by atoms with Crippen LogP contribution in [0.5, 0.6) is 0 Å². The molecular formula is C20H20N6. The number of aromatic nitrogens is 3. The zero-order chi connectivity index (χ0) is 18.1. The fourth-order valence-electron chi connectivity index (χ4n) is 3.28. The molecule has 0 amide bonds. The van der Waals surface area contributed by atoms with Crippen molar-refractivity contribution in [1.29, 1.82) is 0 Å². The van der Waals surface area contributed by atoms with E-state index in [-0.39, 0.29) is 5.95 Å². The van der Waals surface area contributed by atoms with E-state index in [0.717, 1.165) is 12.1 Å². The van der Waals surface area contributed by atoms with Crippen LogP contribution in [0.3, 0.4) is 0 Å². The number of nitrogens with two attached hydrogens (primary N) is 3. The molecule has 0 aliphatic heterocycles. The van der Waals surface area contributed by atoms with Crippen LogP contribution in [0.2, 0.25) is 0 Å². The highest BCUT2D eigenvalue weighted by Crippen LogP contribution is 2.28. The third-order valence-electron chi connectivity index (χ3n) is 4.52. The lowest BCUT2D eigenvalue weighted by Crippen LogP contribution is -2.09. The van der Waals surface area contributed by atoms with Crippen molar-refractivity contribution in [3.8, 4) is 0 Å². The van der Waals surface area contributed by atoms with Gasteiger partial charge in [0.15, 0.2) is 0 Å². The molecule has 0 aliphatic rings. The second kappa shape index (κ2) is 6.40. The van der Waals surface area contributed by atoms with Crippen LogP contribution in [-0.2, 0) is 13.0 Å². The highest BCUT2D eigenvalue weighted by atomic mass is 15.1. The van der Waals surface area contributed by atoms with E-state index in [1.54, 1.807) is 0 Å². The first-order valence-electron chi connectivity index (χ1n) is 8.40. The molecule has 4 aromatic rings. The van der Waals surface area contributed by atoms with Crippen molar-refractivity contribution >= 4 is 28.5 Å². The van der Waals surface area contributed by atoms with Gasteiger partial charge in [-0.25, -0.2) is 0 Å². The molecule has 2 aromatic carbocycles. The Morgan fingerprint density at radius 1 is 0.808 bits per heavy atom. The number of fused-ring (bicyclic) bond motifs is 1. The van der Waals surface area contributed by atoms with Gasteiger partial charge in [0.1, 0.15) is 11.6 Å². The standard InChI is InChI=1S/C20H20N6/c21-18-16(19(22)25-20(23)24-18)10-14-12-26(11-13-6-2-1-3-7-13)17-9-5-4-8-15(14)17/h1-9,12H,10-11H2,(H6,21,22,23,24,25). The third-order valence-corrected chi connectivity index (χ3v) is 4.52. The lowest BCUT2D eigenvalue weighted by molar-refractivity contribution is 0.832. The molecule has 0 fully saturated rings. The Hall–Kier alpha value is -3.54. The normalized spacial score (nSPS) is 11.1. The van der Waals surface area contributed by atoms with Gasteiger partial charge in [0.05, 0.1) is 0 Å². The average molecular weight is 344 g/mol. The van der Waals surface area contributed by atoms with Gasteiger partial charge in [0.25, 0.3) is 0 Å². The Morgan fingerprint density at radius 3 is 2.19 bits per heavy atom. The molecule has 0 saturated carbocycles. The highest BCUT2D eigenvalue weighted by Gasteiger charge is 2.14. The highest BCUT2D eigenvalue weighted by molar-refractivity contribution is 5.84. The number of anilines is 3. The Morgan fingerprint density at radius 2 is 1.46 bits per heavy atom. The summed E-state index contributed by atoms with van der Waals surface area (Å²) in [7, 11) is 0. The first kappa shape index (κ1) is 16.0. The summed E-state index contributed by atoms with van der Waals surface area (Å²) in [6.45, 7) is 0.796. The van der Waals surface area contributed by atoms with Gasteiger partial charge in [-0.15, -0.1) is 0 Å². The predicted molar refractivity (Wildman–Crippen MR) is 106 cm³/mol. The minimum atomic E-state index is 0.0928. The minimum Gasteiger partial charge on any atom is -0.383 e.